The molecule has 1 aliphatic rings. The smallest absolute Gasteiger partial charge is 0.167 e. The minimum atomic E-state index is -0.717. The number of phenols is 1. The van der Waals surface area contributed by atoms with E-state index in [0.29, 0.717) is 11.4 Å². The van der Waals surface area contributed by atoms with Gasteiger partial charge in [0.15, 0.2) is 5.72 Å². The Balaban J connectivity index is 1.97. The number of hydrogen-bond donors (Lipinski definition) is 1. The second kappa shape index (κ2) is 6.11. The lowest BCUT2D eigenvalue weighted by Gasteiger charge is -2.31. The Morgan fingerprint density at radius 3 is 2.85 bits per heavy atom. The molecule has 0 saturated carbocycles. The Bertz CT molecular complexity index is 1030. The van der Waals surface area contributed by atoms with Crippen LogP contribution in [0.4, 0.5) is 0 Å². The minimum absolute atomic E-state index is 0.129. The molecule has 2 aromatic heterocycles. The summed E-state index contributed by atoms with van der Waals surface area (Å²) in [5.41, 5.74) is 2.66. The van der Waals surface area contributed by atoms with Gasteiger partial charge in [-0.3, -0.25) is 9.39 Å². The predicted octanol–water partition coefficient (Wildman–Crippen LogP) is 4.10. The van der Waals surface area contributed by atoms with Crippen molar-refractivity contribution in [3.63, 3.8) is 0 Å². The number of phenolic OH excluding ortho intramolecular Hbond substituents is 1. The third-order valence-corrected chi connectivity index (χ3v) is 5.06. The van der Waals surface area contributed by atoms with Crippen LogP contribution in [0.15, 0.2) is 59.7 Å². The van der Waals surface area contributed by atoms with Gasteiger partial charge in [0, 0.05) is 19.5 Å². The lowest BCUT2D eigenvalue weighted by Crippen LogP contribution is -2.34. The summed E-state index contributed by atoms with van der Waals surface area (Å²) in [6.45, 7) is 3.84. The van der Waals surface area contributed by atoms with Crippen LogP contribution in [0.3, 0.4) is 0 Å². The van der Waals surface area contributed by atoms with Gasteiger partial charge in [-0.1, -0.05) is 24.3 Å². The molecule has 4 rings (SSSR count). The molecule has 1 aliphatic heterocycles. The Morgan fingerprint density at radius 2 is 2.04 bits per heavy atom. The number of imidazole rings is 1. The average molecular weight is 347 g/mol. The van der Waals surface area contributed by atoms with Gasteiger partial charge in [-0.2, -0.15) is 0 Å². The third kappa shape index (κ3) is 2.44. The standard InChI is InChI=1S/C21H21N3O2/c1-14-8-6-9-15(19(14)25)20-23-18(17-11-4-5-13-24(17)20)16-10-7-12-22-21(16,2)26-3/h4-13,16,25H,1-3H3. The highest BCUT2D eigenvalue weighted by atomic mass is 16.5. The summed E-state index contributed by atoms with van der Waals surface area (Å²) in [6, 6.07) is 11.7. The van der Waals surface area contributed by atoms with Gasteiger partial charge in [0.1, 0.15) is 11.6 Å². The van der Waals surface area contributed by atoms with Gasteiger partial charge in [-0.25, -0.2) is 4.98 Å². The van der Waals surface area contributed by atoms with Crippen molar-refractivity contribution in [2.24, 2.45) is 4.99 Å². The second-order valence-electron chi connectivity index (χ2n) is 6.65. The predicted molar refractivity (Wildman–Crippen MR) is 103 cm³/mol. The summed E-state index contributed by atoms with van der Waals surface area (Å²) in [4.78, 5) is 9.45. The maximum Gasteiger partial charge on any atom is 0.167 e. The number of allylic oxidation sites excluding steroid dienone is 1. The van der Waals surface area contributed by atoms with E-state index in [4.69, 9.17) is 9.72 Å². The van der Waals surface area contributed by atoms with Crippen molar-refractivity contribution < 1.29 is 9.84 Å². The SMILES string of the molecule is COC1(C)N=CC=CC1c1nc(-c2cccc(C)c2O)n2ccccc12. The van der Waals surface area contributed by atoms with Gasteiger partial charge >= 0.3 is 0 Å². The number of nitrogens with zero attached hydrogens (tertiary/aromatic N) is 3. The van der Waals surface area contributed by atoms with E-state index >= 15 is 0 Å². The van der Waals surface area contributed by atoms with E-state index in [2.05, 4.69) is 11.1 Å². The summed E-state index contributed by atoms with van der Waals surface area (Å²) in [6.07, 6.45) is 7.70. The molecule has 0 amide bonds. The fourth-order valence-corrected chi connectivity index (χ4v) is 3.46. The number of aromatic nitrogens is 2. The van der Waals surface area contributed by atoms with Crippen LogP contribution in [0.1, 0.15) is 24.1 Å². The fourth-order valence-electron chi connectivity index (χ4n) is 3.46. The van der Waals surface area contributed by atoms with E-state index in [1.807, 2.05) is 66.9 Å². The van der Waals surface area contributed by atoms with Crippen molar-refractivity contribution in [1.29, 1.82) is 0 Å². The molecule has 0 saturated heterocycles. The normalized spacial score (nSPS) is 22.2. The highest BCUT2D eigenvalue weighted by Crippen LogP contribution is 2.39. The van der Waals surface area contributed by atoms with Crippen LogP contribution in [0.2, 0.25) is 0 Å². The summed E-state index contributed by atoms with van der Waals surface area (Å²) >= 11 is 0. The lowest BCUT2D eigenvalue weighted by atomic mass is 9.91. The molecular weight excluding hydrogens is 326 g/mol. The van der Waals surface area contributed by atoms with Crippen molar-refractivity contribution in [2.45, 2.75) is 25.5 Å². The van der Waals surface area contributed by atoms with Gasteiger partial charge < -0.3 is 9.84 Å². The molecule has 2 atom stereocenters. The Morgan fingerprint density at radius 1 is 1.19 bits per heavy atom. The molecule has 0 fully saturated rings. The number of fused-ring (bicyclic) bond motifs is 1. The highest BCUT2D eigenvalue weighted by molar-refractivity contribution is 5.75. The number of benzene rings is 1. The number of aromatic hydroxyl groups is 1. The van der Waals surface area contributed by atoms with Crippen LogP contribution < -0.4 is 0 Å². The van der Waals surface area contributed by atoms with Crippen LogP contribution >= 0.6 is 0 Å². The van der Waals surface area contributed by atoms with Gasteiger partial charge in [0.05, 0.1) is 22.7 Å². The first kappa shape index (κ1) is 16.5. The number of ether oxygens (including phenoxy) is 1. The number of hydrogen-bond acceptors (Lipinski definition) is 4. The molecule has 0 aliphatic carbocycles. The van der Waals surface area contributed by atoms with Crippen LogP contribution in [0, 0.1) is 6.92 Å². The molecule has 0 radical (unpaired) electrons. The maximum absolute atomic E-state index is 10.6. The van der Waals surface area contributed by atoms with Crippen LogP contribution in [-0.2, 0) is 4.74 Å². The average Bonchev–Trinajstić information content (AvgIpc) is 3.04. The number of dihydropyridines is 1. The minimum Gasteiger partial charge on any atom is -0.507 e. The summed E-state index contributed by atoms with van der Waals surface area (Å²) in [5, 5.41) is 10.6. The van der Waals surface area contributed by atoms with Crippen molar-refractivity contribution in [3.8, 4) is 17.1 Å². The lowest BCUT2D eigenvalue weighted by molar-refractivity contribution is 0.000926. The zero-order valence-corrected chi connectivity index (χ0v) is 15.0. The van der Waals surface area contributed by atoms with Crippen molar-refractivity contribution >= 4 is 11.7 Å². The van der Waals surface area contributed by atoms with Crippen molar-refractivity contribution in [3.05, 3.63) is 66.0 Å². The zero-order chi connectivity index (χ0) is 18.3. The molecule has 1 aromatic carbocycles. The summed E-state index contributed by atoms with van der Waals surface area (Å²) in [5.74, 6) is 0.829. The molecule has 26 heavy (non-hydrogen) atoms. The third-order valence-electron chi connectivity index (χ3n) is 5.06. The topological polar surface area (TPSA) is 59.1 Å². The number of rotatable bonds is 3. The molecule has 0 spiro atoms. The summed E-state index contributed by atoms with van der Waals surface area (Å²) in [7, 11) is 1.66. The van der Waals surface area contributed by atoms with Crippen molar-refractivity contribution in [2.75, 3.05) is 7.11 Å². The van der Waals surface area contributed by atoms with Crippen molar-refractivity contribution in [1.82, 2.24) is 9.38 Å². The Labute approximate surface area is 152 Å². The molecule has 3 heterocycles. The molecule has 5 heteroatoms. The van der Waals surface area contributed by atoms with E-state index in [-0.39, 0.29) is 11.7 Å². The van der Waals surface area contributed by atoms with E-state index < -0.39 is 5.72 Å². The Kier molecular flexibility index (Phi) is 3.89. The monoisotopic (exact) mass is 347 g/mol. The van der Waals surface area contributed by atoms with Crippen LogP contribution in [0.5, 0.6) is 5.75 Å². The Hall–Kier alpha value is -2.92. The highest BCUT2D eigenvalue weighted by Gasteiger charge is 2.37. The van der Waals surface area contributed by atoms with E-state index in [9.17, 15) is 5.11 Å². The maximum atomic E-state index is 10.6. The number of aryl methyl sites for hydroxylation is 1. The summed E-state index contributed by atoms with van der Waals surface area (Å²) < 4.78 is 7.71. The van der Waals surface area contributed by atoms with Crippen LogP contribution in [0.25, 0.3) is 16.9 Å². The molecule has 3 aromatic rings. The molecule has 0 bridgehead atoms. The largest absolute Gasteiger partial charge is 0.507 e. The number of pyridine rings is 1. The molecular formula is C21H21N3O2. The van der Waals surface area contributed by atoms with Crippen LogP contribution in [-0.4, -0.2) is 33.5 Å². The first-order valence-corrected chi connectivity index (χ1v) is 8.58. The second-order valence-corrected chi connectivity index (χ2v) is 6.65. The first-order chi connectivity index (χ1) is 12.5. The first-order valence-electron chi connectivity index (χ1n) is 8.58. The van der Waals surface area contributed by atoms with E-state index in [0.717, 1.165) is 16.8 Å². The van der Waals surface area contributed by atoms with Gasteiger partial charge in [-0.05, 0) is 43.7 Å². The van der Waals surface area contributed by atoms with Gasteiger partial charge in [-0.15, -0.1) is 0 Å². The number of para-hydroxylation sites is 1. The number of methoxy groups -OCH3 is 1. The van der Waals surface area contributed by atoms with Gasteiger partial charge in [0.2, 0.25) is 0 Å². The quantitative estimate of drug-likeness (QED) is 0.776. The number of aliphatic imine (C=N–C) groups is 1. The molecule has 5 nitrogen and oxygen atoms in total. The van der Waals surface area contributed by atoms with E-state index in [1.165, 1.54) is 0 Å². The van der Waals surface area contributed by atoms with E-state index in [1.54, 1.807) is 13.3 Å². The molecule has 2 unspecified atom stereocenters. The molecule has 132 valence electrons. The zero-order valence-electron chi connectivity index (χ0n) is 15.0. The fraction of sp³-hybridized carbons (Fsp3) is 0.238. The van der Waals surface area contributed by atoms with Gasteiger partial charge in [0.25, 0.3) is 0 Å². The molecule has 1 N–H and O–H groups in total.